The second-order valence-electron chi connectivity index (χ2n) is 5.96. The molecule has 1 aliphatic rings. The predicted molar refractivity (Wildman–Crippen MR) is 99.8 cm³/mol. The Balaban J connectivity index is 1.88. The zero-order valence-electron chi connectivity index (χ0n) is 14.5. The van der Waals surface area contributed by atoms with Crippen LogP contribution in [0.2, 0.25) is 5.02 Å². The fraction of sp³-hybridized carbons (Fsp3) is 0.278. The van der Waals surface area contributed by atoms with Crippen LogP contribution in [0.5, 0.6) is 0 Å². The lowest BCUT2D eigenvalue weighted by atomic mass is 10.0. The molecule has 2 aromatic carbocycles. The number of rotatable bonds is 4. The van der Waals surface area contributed by atoms with Crippen LogP contribution in [-0.4, -0.2) is 39.5 Å². The number of hydroxylamine groups is 1. The molecule has 3 rings (SSSR count). The summed E-state index contributed by atoms with van der Waals surface area (Å²) in [7, 11) is -1.16. The number of sulfonamides is 1. The lowest BCUT2D eigenvalue weighted by Crippen LogP contribution is -2.35. The van der Waals surface area contributed by atoms with Crippen molar-refractivity contribution in [2.75, 3.05) is 25.6 Å². The van der Waals surface area contributed by atoms with Crippen LogP contribution in [0.1, 0.15) is 22.3 Å². The number of aryl methyl sites for hydroxylation is 1. The lowest BCUT2D eigenvalue weighted by molar-refractivity contribution is -0.0258. The summed E-state index contributed by atoms with van der Waals surface area (Å²) in [6.45, 7) is 0.611. The Hall–Kier alpha value is -1.93. The molecule has 0 N–H and O–H groups in total. The van der Waals surface area contributed by atoms with E-state index in [0.29, 0.717) is 17.1 Å². The summed E-state index contributed by atoms with van der Waals surface area (Å²) in [6, 6.07) is 11.3. The van der Waals surface area contributed by atoms with Crippen molar-refractivity contribution in [1.82, 2.24) is 4.47 Å². The zero-order valence-corrected chi connectivity index (χ0v) is 16.0. The Morgan fingerprint density at radius 3 is 2.54 bits per heavy atom. The maximum absolute atomic E-state index is 12.9. The van der Waals surface area contributed by atoms with Gasteiger partial charge < -0.3 is 4.90 Å². The molecule has 0 aromatic heterocycles. The van der Waals surface area contributed by atoms with Crippen molar-refractivity contribution in [1.29, 1.82) is 0 Å². The number of anilines is 1. The highest BCUT2D eigenvalue weighted by molar-refractivity contribution is 7.89. The van der Waals surface area contributed by atoms with Crippen LogP contribution in [0.4, 0.5) is 5.69 Å². The van der Waals surface area contributed by atoms with Gasteiger partial charge in [-0.25, -0.2) is 8.42 Å². The summed E-state index contributed by atoms with van der Waals surface area (Å²) in [5.41, 5.74) is 2.31. The lowest BCUT2D eigenvalue weighted by Gasteiger charge is -2.29. The topological polar surface area (TPSA) is 66.9 Å². The molecule has 0 unspecified atom stereocenters. The largest absolute Gasteiger partial charge is 0.308 e. The molecule has 0 aliphatic carbocycles. The molecule has 6 nitrogen and oxygen atoms in total. The SMILES string of the molecule is CON(C)S(=O)(=O)c1ccc(C(=O)N2CCCc3cc(Cl)ccc32)cc1. The van der Waals surface area contributed by atoms with Crippen molar-refractivity contribution in [3.05, 3.63) is 58.6 Å². The van der Waals surface area contributed by atoms with E-state index in [1.165, 1.54) is 38.4 Å². The van der Waals surface area contributed by atoms with Gasteiger partial charge in [-0.05, 0) is 60.9 Å². The highest BCUT2D eigenvalue weighted by atomic mass is 35.5. The summed E-state index contributed by atoms with van der Waals surface area (Å²) in [5.74, 6) is -0.169. The Bertz CT molecular complexity index is 929. The maximum Gasteiger partial charge on any atom is 0.264 e. The van der Waals surface area contributed by atoms with Crippen LogP contribution >= 0.6 is 11.6 Å². The number of carbonyl (C=O) groups is 1. The van der Waals surface area contributed by atoms with Gasteiger partial charge in [0.2, 0.25) is 0 Å². The molecule has 26 heavy (non-hydrogen) atoms. The number of carbonyl (C=O) groups excluding carboxylic acids is 1. The maximum atomic E-state index is 12.9. The highest BCUT2D eigenvalue weighted by Gasteiger charge is 2.25. The standard InChI is InChI=1S/C18H19ClN2O4S/c1-20(25-2)26(23,24)16-8-5-13(6-9-16)18(22)21-11-3-4-14-12-15(19)7-10-17(14)21/h5-10,12H,3-4,11H2,1-2H3. The van der Waals surface area contributed by atoms with E-state index in [2.05, 4.69) is 0 Å². The molecule has 2 aromatic rings. The van der Waals surface area contributed by atoms with Crippen molar-refractivity contribution in [2.24, 2.45) is 0 Å². The molecule has 8 heteroatoms. The number of nitrogens with zero attached hydrogens (tertiary/aromatic N) is 2. The summed E-state index contributed by atoms with van der Waals surface area (Å²) in [6.07, 6.45) is 1.73. The third-order valence-corrected chi connectivity index (χ3v) is 6.33. The zero-order chi connectivity index (χ0) is 18.9. The van der Waals surface area contributed by atoms with Gasteiger partial charge >= 0.3 is 0 Å². The molecular weight excluding hydrogens is 376 g/mol. The van der Waals surface area contributed by atoms with Crippen LogP contribution in [0, 0.1) is 0 Å². The fourth-order valence-electron chi connectivity index (χ4n) is 2.95. The average molecular weight is 395 g/mol. The molecular formula is C18H19ClN2O4S. The minimum Gasteiger partial charge on any atom is -0.308 e. The second-order valence-corrected chi connectivity index (χ2v) is 8.33. The van der Waals surface area contributed by atoms with Crippen molar-refractivity contribution in [2.45, 2.75) is 17.7 Å². The molecule has 0 saturated carbocycles. The quantitative estimate of drug-likeness (QED) is 0.747. The van der Waals surface area contributed by atoms with Gasteiger partial charge in [0.05, 0.1) is 12.0 Å². The smallest absolute Gasteiger partial charge is 0.264 e. The third kappa shape index (κ3) is 3.48. The van der Waals surface area contributed by atoms with Crippen molar-refractivity contribution in [3.8, 4) is 0 Å². The first kappa shape index (κ1) is 18.8. The molecule has 138 valence electrons. The molecule has 0 saturated heterocycles. The van der Waals surface area contributed by atoms with Crippen LogP contribution in [0.3, 0.4) is 0 Å². The van der Waals surface area contributed by atoms with Gasteiger partial charge in [0.15, 0.2) is 0 Å². The number of fused-ring (bicyclic) bond motifs is 1. The van der Waals surface area contributed by atoms with Gasteiger partial charge in [0.25, 0.3) is 15.9 Å². The van der Waals surface area contributed by atoms with E-state index in [0.717, 1.165) is 28.6 Å². The minimum atomic E-state index is -3.74. The van der Waals surface area contributed by atoms with Gasteiger partial charge in [-0.15, -0.1) is 0 Å². The fourth-order valence-corrected chi connectivity index (χ4v) is 4.12. The first-order chi connectivity index (χ1) is 12.3. The van der Waals surface area contributed by atoms with E-state index < -0.39 is 10.0 Å². The van der Waals surface area contributed by atoms with E-state index in [9.17, 15) is 13.2 Å². The summed E-state index contributed by atoms with van der Waals surface area (Å²) >= 11 is 6.04. The second kappa shape index (κ2) is 7.36. The molecule has 1 amide bonds. The summed E-state index contributed by atoms with van der Waals surface area (Å²) < 4.78 is 25.2. The third-order valence-electron chi connectivity index (χ3n) is 4.40. The van der Waals surface area contributed by atoms with Crippen LogP contribution in [0.15, 0.2) is 47.4 Å². The Morgan fingerprint density at radius 1 is 1.19 bits per heavy atom. The molecule has 0 bridgehead atoms. The molecule has 1 aliphatic heterocycles. The first-order valence-corrected chi connectivity index (χ1v) is 9.90. The normalized spacial score (nSPS) is 14.4. The van der Waals surface area contributed by atoms with E-state index in [-0.39, 0.29) is 10.8 Å². The number of amides is 1. The van der Waals surface area contributed by atoms with E-state index >= 15 is 0 Å². The summed E-state index contributed by atoms with van der Waals surface area (Å²) in [5, 5.41) is 0.648. The van der Waals surface area contributed by atoms with Crippen molar-refractivity contribution < 1.29 is 18.0 Å². The van der Waals surface area contributed by atoms with Gasteiger partial charge in [0, 0.05) is 29.9 Å². The van der Waals surface area contributed by atoms with Gasteiger partial charge in [-0.2, -0.15) is 0 Å². The average Bonchev–Trinajstić information content (AvgIpc) is 2.66. The number of hydrogen-bond donors (Lipinski definition) is 0. The Kier molecular flexibility index (Phi) is 5.34. The summed E-state index contributed by atoms with van der Waals surface area (Å²) in [4.78, 5) is 19.4. The van der Waals surface area contributed by atoms with Crippen LogP contribution in [-0.2, 0) is 21.3 Å². The van der Waals surface area contributed by atoms with E-state index in [4.69, 9.17) is 16.4 Å². The Labute approximate surface area is 157 Å². The van der Waals surface area contributed by atoms with Gasteiger partial charge in [0.1, 0.15) is 0 Å². The monoisotopic (exact) mass is 394 g/mol. The molecule has 0 atom stereocenters. The molecule has 0 radical (unpaired) electrons. The van der Waals surface area contributed by atoms with Gasteiger partial charge in [-0.1, -0.05) is 16.1 Å². The van der Waals surface area contributed by atoms with Crippen LogP contribution < -0.4 is 4.90 Å². The Morgan fingerprint density at radius 2 is 1.88 bits per heavy atom. The first-order valence-electron chi connectivity index (χ1n) is 8.08. The number of benzene rings is 2. The van der Waals surface area contributed by atoms with Gasteiger partial charge in [-0.3, -0.25) is 9.63 Å². The van der Waals surface area contributed by atoms with Crippen molar-refractivity contribution >= 4 is 33.2 Å². The van der Waals surface area contributed by atoms with Crippen LogP contribution in [0.25, 0.3) is 0 Å². The van der Waals surface area contributed by atoms with E-state index in [1.54, 1.807) is 11.0 Å². The van der Waals surface area contributed by atoms with Crippen molar-refractivity contribution in [3.63, 3.8) is 0 Å². The minimum absolute atomic E-state index is 0.0595. The molecule has 0 fully saturated rings. The predicted octanol–water partition coefficient (Wildman–Crippen LogP) is 3.11. The molecule has 0 spiro atoms. The highest BCUT2D eigenvalue weighted by Crippen LogP contribution is 2.31. The van der Waals surface area contributed by atoms with E-state index in [1.807, 2.05) is 12.1 Å². The number of hydrogen-bond acceptors (Lipinski definition) is 4. The number of halogens is 1. The molecule has 1 heterocycles.